The van der Waals surface area contributed by atoms with E-state index in [0.717, 1.165) is 38.0 Å². The normalized spacial score (nSPS) is 18.9. The number of likely N-dealkylation sites (tertiary alicyclic amines) is 1. The van der Waals surface area contributed by atoms with Gasteiger partial charge in [-0.1, -0.05) is 35.7 Å². The largest absolute Gasteiger partial charge is 0.390 e. The molecule has 1 fully saturated rings. The number of aryl methyl sites for hydroxylation is 1. The lowest BCUT2D eigenvalue weighted by atomic mass is 10.0. The minimum absolute atomic E-state index is 0.0348. The van der Waals surface area contributed by atoms with Crippen LogP contribution < -0.4 is 5.32 Å². The first-order valence-corrected chi connectivity index (χ1v) is 17.7. The highest BCUT2D eigenvalue weighted by atomic mass is 35.5. The van der Waals surface area contributed by atoms with Gasteiger partial charge >= 0.3 is 0 Å². The number of hydrogen-bond acceptors (Lipinski definition) is 6. The van der Waals surface area contributed by atoms with Gasteiger partial charge in [0, 0.05) is 57.9 Å². The maximum absolute atomic E-state index is 13.7. The standard InChI is InChI=1S/C33H36Cl2N4O5S/c1-20-30(36-29-9-6-14-39(33(42)31(20)29)18-21(40)17-38-12-3-2-4-13-38)16-24-23-15-22(10-11-28(23)37-32(24)41)45(43,44)19-25-26(34)7-5-8-27(25)35/h5,7-8,10-11,15-16,21,36,40H,2-4,6,9,12-14,17-19H2,1H3,(H,37,41)/b24-16-/t21-/m1/s1. The Hall–Kier alpha value is -3.15. The molecule has 2 amide bonds. The third-order valence-electron chi connectivity index (χ3n) is 8.89. The minimum Gasteiger partial charge on any atom is -0.390 e. The number of anilines is 1. The smallest absolute Gasteiger partial charge is 0.256 e. The van der Waals surface area contributed by atoms with Crippen LogP contribution in [0.25, 0.3) is 11.6 Å². The van der Waals surface area contributed by atoms with Crippen LogP contribution in [0, 0.1) is 6.92 Å². The monoisotopic (exact) mass is 670 g/mol. The zero-order valence-electron chi connectivity index (χ0n) is 25.0. The quantitative estimate of drug-likeness (QED) is 0.279. The Morgan fingerprint density at radius 3 is 2.47 bits per heavy atom. The first kappa shape index (κ1) is 31.8. The summed E-state index contributed by atoms with van der Waals surface area (Å²) in [6.45, 7) is 5.17. The molecule has 0 radical (unpaired) electrons. The van der Waals surface area contributed by atoms with E-state index < -0.39 is 21.7 Å². The third kappa shape index (κ3) is 6.57. The number of carbonyl (C=O) groups is 2. The lowest BCUT2D eigenvalue weighted by Gasteiger charge is -2.31. The molecule has 0 bridgehead atoms. The van der Waals surface area contributed by atoms with Crippen molar-refractivity contribution in [2.24, 2.45) is 0 Å². The molecule has 3 aliphatic rings. The van der Waals surface area contributed by atoms with E-state index in [2.05, 4.69) is 15.2 Å². The van der Waals surface area contributed by atoms with Crippen LogP contribution in [-0.2, 0) is 26.8 Å². The second-order valence-corrected chi connectivity index (χ2v) is 14.9. The molecule has 1 aromatic heterocycles. The van der Waals surface area contributed by atoms with Crippen LogP contribution in [0.4, 0.5) is 5.69 Å². The zero-order valence-corrected chi connectivity index (χ0v) is 27.4. The average molecular weight is 672 g/mol. The molecule has 0 unspecified atom stereocenters. The molecule has 12 heteroatoms. The number of aliphatic hydroxyl groups excluding tert-OH is 1. The average Bonchev–Trinajstić information content (AvgIpc) is 3.43. The van der Waals surface area contributed by atoms with Gasteiger partial charge in [-0.15, -0.1) is 0 Å². The van der Waals surface area contributed by atoms with Crippen LogP contribution >= 0.6 is 23.2 Å². The zero-order chi connectivity index (χ0) is 31.9. The number of aliphatic hydroxyl groups is 1. The fraction of sp³-hybridized carbons (Fsp3) is 0.394. The molecule has 6 rings (SSSR count). The van der Waals surface area contributed by atoms with Gasteiger partial charge in [-0.2, -0.15) is 0 Å². The Morgan fingerprint density at radius 1 is 1.00 bits per heavy atom. The van der Waals surface area contributed by atoms with Crippen molar-refractivity contribution >= 4 is 62.2 Å². The number of sulfone groups is 1. The second kappa shape index (κ2) is 12.9. The summed E-state index contributed by atoms with van der Waals surface area (Å²) in [5.41, 5.74) is 4.23. The molecular weight excluding hydrogens is 635 g/mol. The van der Waals surface area contributed by atoms with Gasteiger partial charge in [0.05, 0.1) is 27.9 Å². The highest BCUT2D eigenvalue weighted by molar-refractivity contribution is 7.90. The number of amides is 2. The van der Waals surface area contributed by atoms with Crippen LogP contribution in [0.15, 0.2) is 41.3 Å². The fourth-order valence-electron chi connectivity index (χ4n) is 6.53. The Balaban J connectivity index is 1.26. The van der Waals surface area contributed by atoms with Gasteiger partial charge in [0.15, 0.2) is 9.84 Å². The molecule has 0 aliphatic carbocycles. The van der Waals surface area contributed by atoms with E-state index in [9.17, 15) is 23.1 Å². The number of aromatic amines is 1. The maximum atomic E-state index is 13.7. The molecule has 2 aromatic carbocycles. The van der Waals surface area contributed by atoms with Gasteiger partial charge in [0.25, 0.3) is 11.8 Å². The number of nitrogens with zero attached hydrogens (tertiary/aromatic N) is 2. The summed E-state index contributed by atoms with van der Waals surface area (Å²) in [5, 5.41) is 14.2. The van der Waals surface area contributed by atoms with Crippen molar-refractivity contribution in [3.8, 4) is 0 Å². The Kier molecular flexibility index (Phi) is 9.14. The van der Waals surface area contributed by atoms with E-state index in [1.165, 1.54) is 18.6 Å². The van der Waals surface area contributed by atoms with Crippen molar-refractivity contribution in [1.82, 2.24) is 14.8 Å². The molecule has 1 atom stereocenters. The predicted octanol–water partition coefficient (Wildman–Crippen LogP) is 5.33. The second-order valence-electron chi connectivity index (χ2n) is 12.1. The number of β-amino-alcohol motifs (C(OH)–C–C–N with tert-alkyl or cyclic N) is 1. The van der Waals surface area contributed by atoms with Crippen LogP contribution in [-0.4, -0.2) is 79.0 Å². The number of rotatable bonds is 8. The summed E-state index contributed by atoms with van der Waals surface area (Å²) in [7, 11) is -3.86. The number of carbonyl (C=O) groups excluding carboxylic acids is 2. The number of benzene rings is 2. The van der Waals surface area contributed by atoms with Gasteiger partial charge in [-0.05, 0) is 87.7 Å². The minimum atomic E-state index is -3.86. The van der Waals surface area contributed by atoms with E-state index in [0.29, 0.717) is 58.7 Å². The van der Waals surface area contributed by atoms with Gasteiger partial charge in [0.2, 0.25) is 0 Å². The SMILES string of the molecule is Cc1c(/C=C2\C(=O)Nc3ccc(S(=O)(=O)Cc4c(Cl)cccc4Cl)cc32)[nH]c2c1C(=O)N(C[C@H](O)CN1CCCCC1)CCC2. The van der Waals surface area contributed by atoms with E-state index in [4.69, 9.17) is 23.2 Å². The van der Waals surface area contributed by atoms with Crippen molar-refractivity contribution in [3.05, 3.63) is 80.1 Å². The Labute approximate surface area is 273 Å². The summed E-state index contributed by atoms with van der Waals surface area (Å²) in [5.74, 6) is -0.897. The first-order valence-electron chi connectivity index (χ1n) is 15.3. The molecule has 0 saturated carbocycles. The first-order chi connectivity index (χ1) is 21.5. The number of H-pyrrole nitrogens is 1. The number of aromatic nitrogens is 1. The summed E-state index contributed by atoms with van der Waals surface area (Å²) in [6.07, 6.45) is 5.93. The summed E-state index contributed by atoms with van der Waals surface area (Å²) in [6, 6.07) is 9.34. The summed E-state index contributed by atoms with van der Waals surface area (Å²) < 4.78 is 26.8. The number of hydrogen-bond donors (Lipinski definition) is 3. The van der Waals surface area contributed by atoms with Crippen molar-refractivity contribution in [1.29, 1.82) is 0 Å². The van der Waals surface area contributed by atoms with E-state index in [1.54, 1.807) is 35.2 Å². The van der Waals surface area contributed by atoms with Crippen molar-refractivity contribution in [2.45, 2.75) is 55.8 Å². The predicted molar refractivity (Wildman–Crippen MR) is 176 cm³/mol. The Bertz CT molecular complexity index is 1780. The summed E-state index contributed by atoms with van der Waals surface area (Å²) in [4.78, 5) is 34.2. The van der Waals surface area contributed by atoms with Crippen molar-refractivity contribution < 1.29 is 23.1 Å². The van der Waals surface area contributed by atoms with Gasteiger partial charge < -0.3 is 25.2 Å². The fourth-order valence-corrected chi connectivity index (χ4v) is 8.65. The van der Waals surface area contributed by atoms with Crippen molar-refractivity contribution in [3.63, 3.8) is 0 Å². The van der Waals surface area contributed by atoms with Crippen LogP contribution in [0.5, 0.6) is 0 Å². The van der Waals surface area contributed by atoms with Gasteiger partial charge in [-0.25, -0.2) is 8.42 Å². The highest BCUT2D eigenvalue weighted by Gasteiger charge is 2.31. The molecular formula is C33H36Cl2N4O5S. The van der Waals surface area contributed by atoms with E-state index in [1.807, 2.05) is 6.92 Å². The lowest BCUT2D eigenvalue weighted by molar-refractivity contribution is -0.110. The third-order valence-corrected chi connectivity index (χ3v) is 11.2. The van der Waals surface area contributed by atoms with E-state index in [-0.39, 0.29) is 33.3 Å². The molecule has 4 heterocycles. The van der Waals surface area contributed by atoms with Crippen molar-refractivity contribution in [2.75, 3.05) is 38.0 Å². The van der Waals surface area contributed by atoms with E-state index >= 15 is 0 Å². The van der Waals surface area contributed by atoms with Gasteiger partial charge in [0.1, 0.15) is 0 Å². The number of nitrogens with one attached hydrogen (secondary N) is 2. The number of halogens is 2. The Morgan fingerprint density at radius 2 is 1.73 bits per heavy atom. The number of fused-ring (bicyclic) bond motifs is 2. The van der Waals surface area contributed by atoms with Gasteiger partial charge in [-0.3, -0.25) is 9.59 Å². The molecule has 3 aromatic rings. The van der Waals surface area contributed by atoms with Crippen LogP contribution in [0.2, 0.25) is 10.0 Å². The molecule has 3 aliphatic heterocycles. The lowest BCUT2D eigenvalue weighted by Crippen LogP contribution is -2.44. The molecule has 0 spiro atoms. The molecule has 45 heavy (non-hydrogen) atoms. The summed E-state index contributed by atoms with van der Waals surface area (Å²) >= 11 is 12.5. The molecule has 9 nitrogen and oxygen atoms in total. The molecule has 3 N–H and O–H groups in total. The van der Waals surface area contributed by atoms with Crippen LogP contribution in [0.3, 0.4) is 0 Å². The topological polar surface area (TPSA) is 123 Å². The van der Waals surface area contributed by atoms with Crippen LogP contribution in [0.1, 0.15) is 64.1 Å². The highest BCUT2D eigenvalue weighted by Crippen LogP contribution is 2.37. The molecule has 238 valence electrons. The maximum Gasteiger partial charge on any atom is 0.256 e. The molecule has 1 saturated heterocycles. The number of piperidine rings is 1.